The van der Waals surface area contributed by atoms with Gasteiger partial charge in [-0.2, -0.15) is 0 Å². The van der Waals surface area contributed by atoms with E-state index in [2.05, 4.69) is 4.98 Å². The number of aromatic nitrogens is 1. The number of allylic oxidation sites excluding steroid dienone is 2. The highest BCUT2D eigenvalue weighted by molar-refractivity contribution is 6.17. The van der Waals surface area contributed by atoms with Crippen molar-refractivity contribution >= 4 is 11.6 Å². The van der Waals surface area contributed by atoms with Gasteiger partial charge >= 0.3 is 0 Å². The molecule has 2 rings (SSSR count). The molecule has 0 fully saturated rings. The van der Waals surface area contributed by atoms with Crippen molar-refractivity contribution in [3.63, 3.8) is 0 Å². The second kappa shape index (κ2) is 4.16. The summed E-state index contributed by atoms with van der Waals surface area (Å²) in [7, 11) is 0. The third-order valence-corrected chi connectivity index (χ3v) is 4.26. The van der Waals surface area contributed by atoms with Crippen molar-refractivity contribution < 1.29 is 9.59 Å². The Hall–Kier alpha value is -1.77. The fraction of sp³-hybridized carbons (Fsp3) is 0.400. The summed E-state index contributed by atoms with van der Waals surface area (Å²) in [5.74, 6) is -0.267. The van der Waals surface area contributed by atoms with Crippen LogP contribution in [0, 0.1) is 5.92 Å². The van der Waals surface area contributed by atoms with Crippen LogP contribution in [0.25, 0.3) is 0 Å². The molecule has 1 aromatic heterocycles. The first-order valence-electron chi connectivity index (χ1n) is 6.07. The summed E-state index contributed by atoms with van der Waals surface area (Å²) in [4.78, 5) is 28.9. The lowest BCUT2D eigenvalue weighted by molar-refractivity contribution is -0.131. The molecule has 2 atom stereocenters. The molecule has 0 aromatic carbocycles. The number of carbonyl (C=O) groups is 2. The molecular weight excluding hydrogens is 226 g/mol. The number of Topliss-reactive ketones (excluding diaryl/α,β-unsaturated/α-hetero) is 2. The predicted octanol–water partition coefficient (Wildman–Crippen LogP) is 2.46. The number of rotatable bonds is 1. The Balaban J connectivity index is 2.65. The molecule has 0 saturated carbocycles. The predicted molar refractivity (Wildman–Crippen MR) is 69.1 cm³/mol. The minimum atomic E-state index is -0.797. The Morgan fingerprint density at radius 3 is 2.44 bits per heavy atom. The topological polar surface area (TPSA) is 47.0 Å². The van der Waals surface area contributed by atoms with E-state index >= 15 is 0 Å². The number of pyridine rings is 1. The molecule has 3 heteroatoms. The summed E-state index contributed by atoms with van der Waals surface area (Å²) in [6.45, 7) is 7.12. The standard InChI is InChI=1S/C15H17NO2/c1-9-10(2)14(18)15(4,11(3)13(9)17)12-6-5-7-16-8-12/h5-8,11H,1-4H3. The van der Waals surface area contributed by atoms with Crippen LogP contribution in [0.15, 0.2) is 35.7 Å². The van der Waals surface area contributed by atoms with Gasteiger partial charge in [0.1, 0.15) is 0 Å². The van der Waals surface area contributed by atoms with Gasteiger partial charge in [0.05, 0.1) is 5.41 Å². The van der Waals surface area contributed by atoms with E-state index < -0.39 is 5.41 Å². The van der Waals surface area contributed by atoms with Crippen LogP contribution in [0.1, 0.15) is 33.3 Å². The molecule has 1 heterocycles. The van der Waals surface area contributed by atoms with Crippen LogP contribution in [0.3, 0.4) is 0 Å². The lowest BCUT2D eigenvalue weighted by Gasteiger charge is -2.38. The van der Waals surface area contributed by atoms with E-state index in [9.17, 15) is 9.59 Å². The zero-order valence-electron chi connectivity index (χ0n) is 11.2. The number of ketones is 2. The van der Waals surface area contributed by atoms with Gasteiger partial charge in [-0.1, -0.05) is 13.0 Å². The number of carbonyl (C=O) groups excluding carboxylic acids is 2. The van der Waals surface area contributed by atoms with E-state index in [1.54, 1.807) is 32.3 Å². The van der Waals surface area contributed by atoms with Crippen LogP contribution in [-0.2, 0) is 15.0 Å². The Kier molecular flexibility index (Phi) is 2.93. The first-order valence-corrected chi connectivity index (χ1v) is 6.07. The van der Waals surface area contributed by atoms with Crippen LogP contribution in [0.4, 0.5) is 0 Å². The van der Waals surface area contributed by atoms with E-state index in [0.717, 1.165) is 5.56 Å². The van der Waals surface area contributed by atoms with Gasteiger partial charge in [-0.15, -0.1) is 0 Å². The fourth-order valence-electron chi connectivity index (χ4n) is 2.58. The first kappa shape index (κ1) is 12.7. The molecule has 3 nitrogen and oxygen atoms in total. The molecule has 2 unspecified atom stereocenters. The lowest BCUT2D eigenvalue weighted by Crippen LogP contribution is -2.47. The highest BCUT2D eigenvalue weighted by Gasteiger charge is 2.48. The minimum Gasteiger partial charge on any atom is -0.294 e. The maximum atomic E-state index is 12.6. The van der Waals surface area contributed by atoms with E-state index in [1.807, 2.05) is 19.9 Å². The third kappa shape index (κ3) is 1.54. The van der Waals surface area contributed by atoms with E-state index in [4.69, 9.17) is 0 Å². The Morgan fingerprint density at radius 1 is 1.22 bits per heavy atom. The van der Waals surface area contributed by atoms with Crippen LogP contribution >= 0.6 is 0 Å². The smallest absolute Gasteiger partial charge is 0.169 e. The molecule has 0 amide bonds. The summed E-state index contributed by atoms with van der Waals surface area (Å²) < 4.78 is 0. The van der Waals surface area contributed by atoms with Crippen LogP contribution in [-0.4, -0.2) is 16.6 Å². The van der Waals surface area contributed by atoms with Crippen molar-refractivity contribution in [1.82, 2.24) is 4.98 Å². The normalized spacial score (nSPS) is 28.8. The minimum absolute atomic E-state index is 0.0279. The third-order valence-electron chi connectivity index (χ3n) is 4.26. The quantitative estimate of drug-likeness (QED) is 0.761. The average Bonchev–Trinajstić information content (AvgIpc) is 2.42. The summed E-state index contributed by atoms with van der Waals surface area (Å²) in [6, 6.07) is 3.66. The van der Waals surface area contributed by atoms with Gasteiger partial charge in [0.2, 0.25) is 0 Å². The fourth-order valence-corrected chi connectivity index (χ4v) is 2.58. The van der Waals surface area contributed by atoms with Gasteiger partial charge in [0.15, 0.2) is 11.6 Å². The second-order valence-corrected chi connectivity index (χ2v) is 5.11. The maximum absolute atomic E-state index is 12.6. The molecule has 0 spiro atoms. The van der Waals surface area contributed by atoms with Gasteiger partial charge in [-0.3, -0.25) is 14.6 Å². The molecule has 0 saturated heterocycles. The van der Waals surface area contributed by atoms with Crippen molar-refractivity contribution in [2.45, 2.75) is 33.1 Å². The number of hydrogen-bond donors (Lipinski definition) is 0. The van der Waals surface area contributed by atoms with Crippen molar-refractivity contribution in [2.75, 3.05) is 0 Å². The van der Waals surface area contributed by atoms with Gasteiger partial charge in [0, 0.05) is 18.3 Å². The molecule has 18 heavy (non-hydrogen) atoms. The van der Waals surface area contributed by atoms with Gasteiger partial charge in [-0.05, 0) is 43.5 Å². The summed E-state index contributed by atoms with van der Waals surface area (Å²) in [5.41, 5.74) is 1.18. The zero-order valence-corrected chi connectivity index (χ0v) is 11.2. The highest BCUT2D eigenvalue weighted by atomic mass is 16.1. The SMILES string of the molecule is CC1=C(C)C(=O)C(C)(c2cccnc2)C(C)C1=O. The summed E-state index contributed by atoms with van der Waals surface area (Å²) in [5, 5.41) is 0. The van der Waals surface area contributed by atoms with Crippen molar-refractivity contribution in [1.29, 1.82) is 0 Å². The summed E-state index contributed by atoms with van der Waals surface area (Å²) in [6.07, 6.45) is 3.34. The number of nitrogens with zero attached hydrogens (tertiary/aromatic N) is 1. The maximum Gasteiger partial charge on any atom is 0.169 e. The molecular formula is C15H17NO2. The molecule has 0 aliphatic heterocycles. The van der Waals surface area contributed by atoms with Gasteiger partial charge in [-0.25, -0.2) is 0 Å². The van der Waals surface area contributed by atoms with Crippen molar-refractivity contribution in [3.05, 3.63) is 41.2 Å². The second-order valence-electron chi connectivity index (χ2n) is 5.11. The van der Waals surface area contributed by atoms with E-state index in [-0.39, 0.29) is 17.5 Å². The average molecular weight is 243 g/mol. The molecule has 1 aromatic rings. The molecule has 1 aliphatic carbocycles. The van der Waals surface area contributed by atoms with Crippen molar-refractivity contribution in [3.8, 4) is 0 Å². The molecule has 0 N–H and O–H groups in total. The highest BCUT2D eigenvalue weighted by Crippen LogP contribution is 2.40. The Bertz CT molecular complexity index is 545. The molecule has 1 aliphatic rings. The monoisotopic (exact) mass is 243 g/mol. The lowest BCUT2D eigenvalue weighted by atomic mass is 9.62. The summed E-state index contributed by atoms with van der Waals surface area (Å²) >= 11 is 0. The molecule has 94 valence electrons. The van der Waals surface area contributed by atoms with Crippen LogP contribution < -0.4 is 0 Å². The largest absolute Gasteiger partial charge is 0.294 e. The Labute approximate surface area is 107 Å². The molecule has 0 bridgehead atoms. The number of hydrogen-bond acceptors (Lipinski definition) is 3. The Morgan fingerprint density at radius 2 is 1.89 bits per heavy atom. The van der Waals surface area contributed by atoms with E-state index in [0.29, 0.717) is 11.1 Å². The van der Waals surface area contributed by atoms with Crippen LogP contribution in [0.2, 0.25) is 0 Å². The first-order chi connectivity index (χ1) is 8.40. The van der Waals surface area contributed by atoms with Crippen molar-refractivity contribution in [2.24, 2.45) is 5.92 Å². The van der Waals surface area contributed by atoms with Crippen LogP contribution in [0.5, 0.6) is 0 Å². The molecule has 0 radical (unpaired) electrons. The zero-order chi connectivity index (χ0) is 13.5. The van der Waals surface area contributed by atoms with E-state index in [1.165, 1.54) is 0 Å². The van der Waals surface area contributed by atoms with Gasteiger partial charge < -0.3 is 0 Å². The van der Waals surface area contributed by atoms with Gasteiger partial charge in [0.25, 0.3) is 0 Å².